The van der Waals surface area contributed by atoms with Gasteiger partial charge in [-0.2, -0.15) is 4.98 Å². The van der Waals surface area contributed by atoms with Gasteiger partial charge in [-0.15, -0.1) is 0 Å². The van der Waals surface area contributed by atoms with E-state index in [1.807, 2.05) is 20.8 Å². The molecule has 0 bridgehead atoms. The van der Waals surface area contributed by atoms with Crippen LogP contribution in [0.15, 0.2) is 4.47 Å². The molecule has 4 nitrogen and oxygen atoms in total. The fourth-order valence-corrected chi connectivity index (χ4v) is 1.13. The highest BCUT2D eigenvalue weighted by atomic mass is 79.9. The van der Waals surface area contributed by atoms with Gasteiger partial charge in [0, 0.05) is 0 Å². The van der Waals surface area contributed by atoms with Crippen LogP contribution in [0.25, 0.3) is 0 Å². The van der Waals surface area contributed by atoms with Crippen molar-refractivity contribution in [2.45, 2.75) is 26.9 Å². The second-order valence-electron chi connectivity index (χ2n) is 2.95. The highest BCUT2D eigenvalue weighted by Crippen LogP contribution is 2.26. The molecule has 0 aromatic carbocycles. The number of aryl methyl sites for hydroxylation is 1. The maximum Gasteiger partial charge on any atom is 0.233 e. The summed E-state index contributed by atoms with van der Waals surface area (Å²) in [6.45, 7) is 5.70. The smallest absolute Gasteiger partial charge is 0.233 e. The SMILES string of the molecule is Cc1nc(N)nc(OC(C)C)c1Br. The molecule has 0 aliphatic carbocycles. The summed E-state index contributed by atoms with van der Waals surface area (Å²) in [7, 11) is 0. The molecule has 1 aromatic rings. The Labute approximate surface area is 85.7 Å². The summed E-state index contributed by atoms with van der Waals surface area (Å²) in [5.74, 6) is 0.733. The summed E-state index contributed by atoms with van der Waals surface area (Å²) in [5, 5.41) is 0. The van der Waals surface area contributed by atoms with E-state index in [0.29, 0.717) is 5.88 Å². The Morgan fingerprint density at radius 2 is 2.00 bits per heavy atom. The lowest BCUT2D eigenvalue weighted by Crippen LogP contribution is -2.10. The Morgan fingerprint density at radius 3 is 2.54 bits per heavy atom. The molecule has 72 valence electrons. The van der Waals surface area contributed by atoms with Crippen molar-refractivity contribution >= 4 is 21.9 Å². The Balaban J connectivity index is 3.05. The largest absolute Gasteiger partial charge is 0.474 e. The number of rotatable bonds is 2. The van der Waals surface area contributed by atoms with E-state index >= 15 is 0 Å². The van der Waals surface area contributed by atoms with E-state index < -0.39 is 0 Å². The Kier molecular flexibility index (Phi) is 3.08. The van der Waals surface area contributed by atoms with Crippen LogP contribution in [0.4, 0.5) is 5.95 Å². The van der Waals surface area contributed by atoms with Crippen LogP contribution in [0.5, 0.6) is 5.88 Å². The number of ether oxygens (including phenoxy) is 1. The number of nitrogens with two attached hydrogens (primary N) is 1. The van der Waals surface area contributed by atoms with Crippen molar-refractivity contribution in [2.75, 3.05) is 5.73 Å². The number of halogens is 1. The average Bonchev–Trinajstić information content (AvgIpc) is 1.98. The van der Waals surface area contributed by atoms with Crippen molar-refractivity contribution in [2.24, 2.45) is 0 Å². The van der Waals surface area contributed by atoms with Crippen molar-refractivity contribution in [3.05, 3.63) is 10.2 Å². The predicted octanol–water partition coefficient (Wildman–Crippen LogP) is 1.92. The summed E-state index contributed by atoms with van der Waals surface area (Å²) in [5.41, 5.74) is 6.26. The predicted molar refractivity (Wildman–Crippen MR) is 54.6 cm³/mol. The van der Waals surface area contributed by atoms with E-state index in [1.54, 1.807) is 0 Å². The van der Waals surface area contributed by atoms with Gasteiger partial charge in [0.25, 0.3) is 0 Å². The fourth-order valence-electron chi connectivity index (χ4n) is 0.855. The number of anilines is 1. The van der Waals surface area contributed by atoms with E-state index in [2.05, 4.69) is 25.9 Å². The van der Waals surface area contributed by atoms with Crippen LogP contribution in [-0.4, -0.2) is 16.1 Å². The maximum atomic E-state index is 5.48. The van der Waals surface area contributed by atoms with Crippen molar-refractivity contribution in [3.8, 4) is 5.88 Å². The molecule has 0 radical (unpaired) electrons. The van der Waals surface area contributed by atoms with E-state index in [-0.39, 0.29) is 12.1 Å². The minimum Gasteiger partial charge on any atom is -0.474 e. The molecule has 1 heterocycles. The Morgan fingerprint density at radius 1 is 1.38 bits per heavy atom. The third-order valence-electron chi connectivity index (χ3n) is 1.35. The van der Waals surface area contributed by atoms with Crippen LogP contribution in [0, 0.1) is 6.92 Å². The first kappa shape index (κ1) is 10.2. The van der Waals surface area contributed by atoms with Gasteiger partial charge in [0.1, 0.15) is 4.47 Å². The lowest BCUT2D eigenvalue weighted by molar-refractivity contribution is 0.230. The molecule has 0 unspecified atom stereocenters. The fraction of sp³-hybridized carbons (Fsp3) is 0.500. The van der Waals surface area contributed by atoms with Crippen LogP contribution < -0.4 is 10.5 Å². The molecule has 1 aromatic heterocycles. The molecule has 0 aliphatic heterocycles. The van der Waals surface area contributed by atoms with Gasteiger partial charge in [-0.05, 0) is 36.7 Å². The minimum atomic E-state index is 0.0741. The maximum absolute atomic E-state index is 5.48. The van der Waals surface area contributed by atoms with Crippen molar-refractivity contribution in [1.29, 1.82) is 0 Å². The quantitative estimate of drug-likeness (QED) is 0.865. The summed E-state index contributed by atoms with van der Waals surface area (Å²) in [4.78, 5) is 7.95. The van der Waals surface area contributed by atoms with E-state index in [0.717, 1.165) is 10.2 Å². The van der Waals surface area contributed by atoms with Crippen LogP contribution in [-0.2, 0) is 0 Å². The first-order chi connectivity index (χ1) is 6.00. The van der Waals surface area contributed by atoms with Gasteiger partial charge in [0.2, 0.25) is 11.8 Å². The second-order valence-corrected chi connectivity index (χ2v) is 3.75. The van der Waals surface area contributed by atoms with Crippen molar-refractivity contribution in [1.82, 2.24) is 9.97 Å². The van der Waals surface area contributed by atoms with Crippen LogP contribution in [0.2, 0.25) is 0 Å². The number of hydrogen-bond donors (Lipinski definition) is 1. The van der Waals surface area contributed by atoms with Crippen LogP contribution in [0.1, 0.15) is 19.5 Å². The normalized spacial score (nSPS) is 10.5. The van der Waals surface area contributed by atoms with E-state index in [9.17, 15) is 0 Å². The molecule has 5 heteroatoms. The van der Waals surface area contributed by atoms with Crippen molar-refractivity contribution in [3.63, 3.8) is 0 Å². The highest BCUT2D eigenvalue weighted by Gasteiger charge is 2.09. The molecule has 13 heavy (non-hydrogen) atoms. The summed E-state index contributed by atoms with van der Waals surface area (Å²) < 4.78 is 6.19. The van der Waals surface area contributed by atoms with Crippen LogP contribution in [0.3, 0.4) is 0 Å². The molecular formula is C8H12BrN3O. The lowest BCUT2D eigenvalue weighted by atomic mass is 10.4. The average molecular weight is 246 g/mol. The van der Waals surface area contributed by atoms with Gasteiger partial charge in [-0.25, -0.2) is 4.98 Å². The standard InChI is InChI=1S/C8H12BrN3O/c1-4(2)13-7-6(9)5(3)11-8(10)12-7/h4H,1-3H3,(H2,10,11,12). The van der Waals surface area contributed by atoms with Crippen molar-refractivity contribution < 1.29 is 4.74 Å². The molecule has 0 spiro atoms. The van der Waals surface area contributed by atoms with Gasteiger partial charge < -0.3 is 10.5 Å². The van der Waals surface area contributed by atoms with Gasteiger partial charge in [-0.1, -0.05) is 0 Å². The molecule has 2 N–H and O–H groups in total. The Bertz CT molecular complexity index is 315. The number of nitrogens with zero attached hydrogens (tertiary/aromatic N) is 2. The molecule has 0 fully saturated rings. The van der Waals surface area contributed by atoms with Gasteiger partial charge >= 0.3 is 0 Å². The van der Waals surface area contributed by atoms with Crippen LogP contribution >= 0.6 is 15.9 Å². The molecule has 1 rings (SSSR count). The number of nitrogen functional groups attached to an aromatic ring is 1. The zero-order valence-corrected chi connectivity index (χ0v) is 9.42. The van der Waals surface area contributed by atoms with Gasteiger partial charge in [0.05, 0.1) is 11.8 Å². The first-order valence-electron chi connectivity index (χ1n) is 3.97. The van der Waals surface area contributed by atoms with Gasteiger partial charge in [0.15, 0.2) is 0 Å². The summed E-state index contributed by atoms with van der Waals surface area (Å²) in [6, 6.07) is 0. The third kappa shape index (κ3) is 2.55. The second kappa shape index (κ2) is 3.91. The summed E-state index contributed by atoms with van der Waals surface area (Å²) >= 11 is 3.34. The van der Waals surface area contributed by atoms with Gasteiger partial charge in [-0.3, -0.25) is 0 Å². The molecular weight excluding hydrogens is 234 g/mol. The zero-order chi connectivity index (χ0) is 10.0. The van der Waals surface area contributed by atoms with E-state index in [1.165, 1.54) is 0 Å². The molecule has 0 atom stereocenters. The molecule has 0 saturated carbocycles. The molecule has 0 saturated heterocycles. The zero-order valence-electron chi connectivity index (χ0n) is 7.84. The number of hydrogen-bond acceptors (Lipinski definition) is 4. The lowest BCUT2D eigenvalue weighted by Gasteiger charge is -2.11. The third-order valence-corrected chi connectivity index (χ3v) is 2.26. The number of aromatic nitrogens is 2. The Hall–Kier alpha value is -0.840. The minimum absolute atomic E-state index is 0.0741. The first-order valence-corrected chi connectivity index (χ1v) is 4.76. The highest BCUT2D eigenvalue weighted by molar-refractivity contribution is 9.10. The topological polar surface area (TPSA) is 61.0 Å². The van der Waals surface area contributed by atoms with E-state index in [4.69, 9.17) is 10.5 Å². The monoisotopic (exact) mass is 245 g/mol. The summed E-state index contributed by atoms with van der Waals surface area (Å²) in [6.07, 6.45) is 0.0741. The molecule has 0 aliphatic rings. The molecule has 0 amide bonds.